The van der Waals surface area contributed by atoms with Crippen LogP contribution in [0.2, 0.25) is 0 Å². The first-order valence-electron chi connectivity index (χ1n) is 8.64. The highest BCUT2D eigenvalue weighted by Gasteiger charge is 2.55. The standard InChI is InChI=1S/C17H28N2O/c1-19(15-3-2-4-18-11-15)16(20)17-8-12-5-13(9-17)7-14(6-12)10-17/h12-15,18H,2-11H2,1H3. The maximum Gasteiger partial charge on any atom is 0.228 e. The lowest BCUT2D eigenvalue weighted by molar-refractivity contribution is -0.158. The Labute approximate surface area is 122 Å². The number of hydrogen-bond acceptors (Lipinski definition) is 2. The smallest absolute Gasteiger partial charge is 0.228 e. The Balaban J connectivity index is 1.52. The van der Waals surface area contributed by atoms with Crippen molar-refractivity contribution in [3.63, 3.8) is 0 Å². The maximum atomic E-state index is 13.2. The molecule has 4 saturated carbocycles. The summed E-state index contributed by atoms with van der Waals surface area (Å²) < 4.78 is 0. The lowest BCUT2D eigenvalue weighted by Gasteiger charge is -2.57. The summed E-state index contributed by atoms with van der Waals surface area (Å²) in [7, 11) is 2.07. The van der Waals surface area contributed by atoms with E-state index in [4.69, 9.17) is 0 Å². The Morgan fingerprint density at radius 1 is 1.10 bits per heavy atom. The molecule has 5 rings (SSSR count). The van der Waals surface area contributed by atoms with E-state index in [9.17, 15) is 4.79 Å². The molecule has 1 unspecified atom stereocenters. The van der Waals surface area contributed by atoms with Gasteiger partial charge in [-0.15, -0.1) is 0 Å². The summed E-state index contributed by atoms with van der Waals surface area (Å²) in [5.74, 6) is 3.08. The average molecular weight is 276 g/mol. The van der Waals surface area contributed by atoms with Crippen molar-refractivity contribution in [1.29, 1.82) is 0 Å². The molecule has 4 aliphatic carbocycles. The molecule has 1 saturated heterocycles. The van der Waals surface area contributed by atoms with Crippen LogP contribution in [0.25, 0.3) is 0 Å². The zero-order chi connectivity index (χ0) is 13.7. The second kappa shape index (κ2) is 4.72. The van der Waals surface area contributed by atoms with Crippen molar-refractivity contribution in [3.8, 4) is 0 Å². The number of carbonyl (C=O) groups is 1. The van der Waals surface area contributed by atoms with Gasteiger partial charge in [0.25, 0.3) is 0 Å². The molecular weight excluding hydrogens is 248 g/mol. The third-order valence-electron chi connectivity index (χ3n) is 6.63. The van der Waals surface area contributed by atoms with Gasteiger partial charge < -0.3 is 10.2 Å². The molecule has 1 N–H and O–H groups in total. The normalized spacial score (nSPS) is 46.5. The number of piperidine rings is 1. The quantitative estimate of drug-likeness (QED) is 0.840. The molecule has 0 aromatic carbocycles. The number of hydrogen-bond donors (Lipinski definition) is 1. The van der Waals surface area contributed by atoms with Crippen molar-refractivity contribution in [2.75, 3.05) is 20.1 Å². The fraction of sp³-hybridized carbons (Fsp3) is 0.941. The molecule has 0 radical (unpaired) electrons. The van der Waals surface area contributed by atoms with Crippen LogP contribution < -0.4 is 5.32 Å². The Hall–Kier alpha value is -0.570. The van der Waals surface area contributed by atoms with Gasteiger partial charge in [0.05, 0.1) is 5.41 Å². The number of likely N-dealkylation sites (N-methyl/N-ethyl adjacent to an activating group) is 1. The summed E-state index contributed by atoms with van der Waals surface area (Å²) in [6.45, 7) is 2.12. The lowest BCUT2D eigenvalue weighted by Crippen LogP contribution is -2.57. The van der Waals surface area contributed by atoms with Crippen molar-refractivity contribution >= 4 is 5.91 Å². The van der Waals surface area contributed by atoms with Crippen LogP contribution in [0, 0.1) is 23.2 Å². The minimum Gasteiger partial charge on any atom is -0.341 e. The first kappa shape index (κ1) is 13.1. The molecule has 0 spiro atoms. The van der Waals surface area contributed by atoms with E-state index in [1.165, 1.54) is 51.4 Å². The lowest BCUT2D eigenvalue weighted by atomic mass is 9.49. The molecule has 20 heavy (non-hydrogen) atoms. The predicted molar refractivity (Wildman–Crippen MR) is 79.3 cm³/mol. The third kappa shape index (κ3) is 2.01. The minimum atomic E-state index is 0.0426. The van der Waals surface area contributed by atoms with Crippen LogP contribution in [0.15, 0.2) is 0 Å². The minimum absolute atomic E-state index is 0.0426. The topological polar surface area (TPSA) is 32.3 Å². The zero-order valence-electron chi connectivity index (χ0n) is 12.7. The van der Waals surface area contributed by atoms with Gasteiger partial charge in [-0.25, -0.2) is 0 Å². The number of carbonyl (C=O) groups excluding carboxylic acids is 1. The van der Waals surface area contributed by atoms with Gasteiger partial charge in [0.1, 0.15) is 0 Å². The summed E-state index contributed by atoms with van der Waals surface area (Å²) in [6, 6.07) is 0.434. The zero-order valence-corrected chi connectivity index (χ0v) is 12.7. The number of amides is 1. The molecule has 5 aliphatic rings. The van der Waals surface area contributed by atoms with E-state index in [1.54, 1.807) is 0 Å². The monoisotopic (exact) mass is 276 g/mol. The molecule has 5 fully saturated rings. The Bertz CT molecular complexity index is 365. The van der Waals surface area contributed by atoms with Gasteiger partial charge in [0, 0.05) is 19.6 Å². The van der Waals surface area contributed by atoms with Gasteiger partial charge in [-0.05, 0) is 75.7 Å². The van der Waals surface area contributed by atoms with Crippen LogP contribution in [0.5, 0.6) is 0 Å². The highest BCUT2D eigenvalue weighted by Crippen LogP contribution is 2.60. The van der Waals surface area contributed by atoms with Gasteiger partial charge in [-0.1, -0.05) is 0 Å². The number of nitrogens with one attached hydrogen (secondary N) is 1. The summed E-state index contributed by atoms with van der Waals surface area (Å²) in [4.78, 5) is 15.3. The largest absolute Gasteiger partial charge is 0.341 e. The molecule has 0 aromatic rings. The number of rotatable bonds is 2. The molecule has 0 aromatic heterocycles. The van der Waals surface area contributed by atoms with E-state index in [2.05, 4.69) is 17.3 Å². The van der Waals surface area contributed by atoms with Gasteiger partial charge in [-0.2, -0.15) is 0 Å². The highest BCUT2D eigenvalue weighted by molar-refractivity contribution is 5.83. The van der Waals surface area contributed by atoms with Crippen LogP contribution in [-0.2, 0) is 4.79 Å². The van der Waals surface area contributed by atoms with Crippen LogP contribution in [-0.4, -0.2) is 37.0 Å². The predicted octanol–water partition coefficient (Wildman–Crippen LogP) is 2.41. The first-order valence-corrected chi connectivity index (χ1v) is 8.64. The average Bonchev–Trinajstić information content (AvgIpc) is 2.45. The van der Waals surface area contributed by atoms with Gasteiger partial charge in [0.2, 0.25) is 5.91 Å². The van der Waals surface area contributed by atoms with Crippen molar-refractivity contribution < 1.29 is 4.79 Å². The molecular formula is C17H28N2O. The summed E-state index contributed by atoms with van der Waals surface area (Å²) in [5, 5.41) is 3.45. The fourth-order valence-corrected chi connectivity index (χ4v) is 6.08. The van der Waals surface area contributed by atoms with Gasteiger partial charge >= 0.3 is 0 Å². The molecule has 4 bridgehead atoms. The van der Waals surface area contributed by atoms with Gasteiger partial charge in [-0.3, -0.25) is 4.79 Å². The Morgan fingerprint density at radius 3 is 2.20 bits per heavy atom. The van der Waals surface area contributed by atoms with Crippen LogP contribution >= 0.6 is 0 Å². The molecule has 1 atom stereocenters. The third-order valence-corrected chi connectivity index (χ3v) is 6.63. The SMILES string of the molecule is CN(C(=O)C12CC3CC(CC(C3)C1)C2)C1CCCNC1. The molecule has 1 heterocycles. The van der Waals surface area contributed by atoms with Crippen molar-refractivity contribution in [3.05, 3.63) is 0 Å². The van der Waals surface area contributed by atoms with Crippen LogP contribution in [0.3, 0.4) is 0 Å². The van der Waals surface area contributed by atoms with Crippen LogP contribution in [0.4, 0.5) is 0 Å². The second-order valence-electron chi connectivity index (χ2n) is 8.11. The van der Waals surface area contributed by atoms with E-state index < -0.39 is 0 Å². The summed E-state index contributed by atoms with van der Waals surface area (Å²) in [6.07, 6.45) is 10.2. The van der Waals surface area contributed by atoms with E-state index in [0.29, 0.717) is 11.9 Å². The molecule has 112 valence electrons. The molecule has 3 nitrogen and oxygen atoms in total. The van der Waals surface area contributed by atoms with E-state index in [0.717, 1.165) is 30.8 Å². The summed E-state index contributed by atoms with van der Waals surface area (Å²) in [5.41, 5.74) is 0.0426. The fourth-order valence-electron chi connectivity index (χ4n) is 6.08. The molecule has 1 amide bonds. The van der Waals surface area contributed by atoms with Crippen molar-refractivity contribution in [2.24, 2.45) is 23.2 Å². The van der Waals surface area contributed by atoms with Crippen LogP contribution in [0.1, 0.15) is 51.4 Å². The Morgan fingerprint density at radius 2 is 1.70 bits per heavy atom. The van der Waals surface area contributed by atoms with Gasteiger partial charge in [0.15, 0.2) is 0 Å². The Kier molecular flexibility index (Phi) is 3.10. The maximum absolute atomic E-state index is 13.2. The van der Waals surface area contributed by atoms with E-state index >= 15 is 0 Å². The molecule has 3 heteroatoms. The first-order chi connectivity index (χ1) is 9.66. The van der Waals surface area contributed by atoms with Crippen molar-refractivity contribution in [1.82, 2.24) is 10.2 Å². The second-order valence-corrected chi connectivity index (χ2v) is 8.11. The number of nitrogens with zero attached hydrogens (tertiary/aromatic N) is 1. The van der Waals surface area contributed by atoms with E-state index in [1.807, 2.05) is 0 Å². The highest BCUT2D eigenvalue weighted by atomic mass is 16.2. The molecule has 1 aliphatic heterocycles. The summed E-state index contributed by atoms with van der Waals surface area (Å²) >= 11 is 0. The van der Waals surface area contributed by atoms with Crippen molar-refractivity contribution in [2.45, 2.75) is 57.4 Å². The van der Waals surface area contributed by atoms with E-state index in [-0.39, 0.29) is 5.41 Å².